The quantitative estimate of drug-likeness (QED) is 0.473. The molecule has 156 valence electrons. The van der Waals surface area contributed by atoms with Crippen LogP contribution in [-0.4, -0.2) is 22.5 Å². The zero-order valence-electron chi connectivity index (χ0n) is 17.4. The van der Waals surface area contributed by atoms with Gasteiger partial charge in [0.1, 0.15) is 11.4 Å². The predicted molar refractivity (Wildman–Crippen MR) is 124 cm³/mol. The van der Waals surface area contributed by atoms with E-state index in [0.717, 1.165) is 70.6 Å². The van der Waals surface area contributed by atoms with Gasteiger partial charge in [0.25, 0.3) is 0 Å². The van der Waals surface area contributed by atoms with Crippen LogP contribution in [0, 0.1) is 6.92 Å². The van der Waals surface area contributed by atoms with Gasteiger partial charge in [-0.25, -0.2) is 4.98 Å². The lowest BCUT2D eigenvalue weighted by Gasteiger charge is -2.18. The smallest absolute Gasteiger partial charge is 0.235 e. The highest BCUT2D eigenvalue weighted by atomic mass is 16.5. The van der Waals surface area contributed by atoms with Crippen LogP contribution in [0.4, 0.5) is 5.69 Å². The third-order valence-electron chi connectivity index (χ3n) is 6.63. The molecule has 2 N–H and O–H groups in total. The number of amides is 1. The van der Waals surface area contributed by atoms with Crippen molar-refractivity contribution in [2.24, 2.45) is 0 Å². The zero-order valence-corrected chi connectivity index (χ0v) is 17.4. The van der Waals surface area contributed by atoms with Gasteiger partial charge in [-0.05, 0) is 72.4 Å². The van der Waals surface area contributed by atoms with Crippen LogP contribution in [0.1, 0.15) is 31.0 Å². The van der Waals surface area contributed by atoms with E-state index in [0.29, 0.717) is 0 Å². The third-order valence-corrected chi connectivity index (χ3v) is 6.63. The number of nitrogens with zero attached hydrogens (tertiary/aromatic N) is 1. The number of H-pyrrole nitrogens is 1. The lowest BCUT2D eigenvalue weighted by molar-refractivity contribution is -0.118. The fraction of sp³-hybridized carbons (Fsp3) is 0.231. The Balaban J connectivity index is 0.00000216. The summed E-state index contributed by atoms with van der Waals surface area (Å²) >= 11 is 0. The maximum Gasteiger partial charge on any atom is 0.235 e. The lowest BCUT2D eigenvalue weighted by Crippen LogP contribution is -2.27. The van der Waals surface area contributed by atoms with E-state index in [1.807, 2.05) is 30.6 Å². The Morgan fingerprint density at radius 2 is 2.06 bits per heavy atom. The average molecular weight is 412 g/mol. The van der Waals surface area contributed by atoms with Gasteiger partial charge in [-0.15, -0.1) is 0 Å². The molecule has 4 aromatic rings. The molecule has 0 bridgehead atoms. The van der Waals surface area contributed by atoms with Crippen molar-refractivity contribution >= 4 is 22.6 Å². The van der Waals surface area contributed by atoms with Gasteiger partial charge in [0.05, 0.1) is 12.0 Å². The Labute approximate surface area is 182 Å². The number of fused-ring (bicyclic) bond motifs is 2. The van der Waals surface area contributed by atoms with Crippen LogP contribution < -0.4 is 10.1 Å². The van der Waals surface area contributed by atoms with Gasteiger partial charge in [-0.3, -0.25) is 4.79 Å². The topological polar surface area (TPSA) is 67.0 Å². The molecule has 2 aromatic heterocycles. The van der Waals surface area contributed by atoms with Gasteiger partial charge in [0.2, 0.25) is 5.91 Å². The number of aryl methyl sites for hydroxylation is 1. The van der Waals surface area contributed by atoms with Gasteiger partial charge in [-0.2, -0.15) is 0 Å². The van der Waals surface area contributed by atoms with Crippen molar-refractivity contribution in [2.75, 3.05) is 11.9 Å². The first-order valence-corrected chi connectivity index (χ1v) is 10.7. The van der Waals surface area contributed by atoms with Crippen molar-refractivity contribution in [1.29, 1.82) is 0 Å². The van der Waals surface area contributed by atoms with Crippen LogP contribution in [0.15, 0.2) is 60.9 Å². The van der Waals surface area contributed by atoms with E-state index < -0.39 is 5.41 Å². The number of hydrogen-bond acceptors (Lipinski definition) is 3. The summed E-state index contributed by atoms with van der Waals surface area (Å²) in [6.45, 7) is 2.81. The summed E-state index contributed by atoms with van der Waals surface area (Å²) in [7, 11) is 0. The highest BCUT2D eigenvalue weighted by molar-refractivity contribution is 6.02. The molecule has 0 atom stereocenters. The monoisotopic (exact) mass is 411 g/mol. The Bertz CT molecular complexity index is 1340. The van der Waals surface area contributed by atoms with Crippen molar-refractivity contribution in [3.05, 3.63) is 77.6 Å². The molecule has 5 heteroatoms. The summed E-state index contributed by atoms with van der Waals surface area (Å²) in [6.07, 6.45) is 6.45. The number of nitrogens with one attached hydrogen (secondary N) is 2. The maximum absolute atomic E-state index is 13.3. The summed E-state index contributed by atoms with van der Waals surface area (Å²) in [6, 6.07) is 16.5. The number of aromatic amines is 1. The summed E-state index contributed by atoms with van der Waals surface area (Å²) in [5, 5.41) is 4.26. The second-order valence-electron chi connectivity index (χ2n) is 8.63. The minimum Gasteiger partial charge on any atom is -0.493 e. The number of rotatable bonds is 4. The Hall–Kier alpha value is -3.60. The van der Waals surface area contributed by atoms with Crippen molar-refractivity contribution in [2.45, 2.75) is 31.6 Å². The summed E-state index contributed by atoms with van der Waals surface area (Å²) < 4.78 is 5.62. The molecule has 6 rings (SSSR count). The fourth-order valence-electron chi connectivity index (χ4n) is 4.60. The number of carbonyl (C=O) groups excluding carboxylic acids is 1. The SMILES string of the molecule is Cc1ccc(NC(=O)C2(c3ccc4c(c3)CCO4)CC2)cc1-c1cnc2[nH]ccc2c1.[HH]. The average Bonchev–Trinajstić information content (AvgIpc) is 3.24. The van der Waals surface area contributed by atoms with E-state index in [1.54, 1.807) is 0 Å². The molecule has 1 fully saturated rings. The molecule has 0 spiro atoms. The first-order chi connectivity index (χ1) is 15.1. The summed E-state index contributed by atoms with van der Waals surface area (Å²) in [4.78, 5) is 21.0. The van der Waals surface area contributed by atoms with Crippen molar-refractivity contribution < 1.29 is 11.0 Å². The van der Waals surface area contributed by atoms with Crippen LogP contribution in [0.5, 0.6) is 5.75 Å². The molecule has 3 heterocycles. The molecular formula is C26H25N3O2. The molecule has 0 unspecified atom stereocenters. The van der Waals surface area contributed by atoms with E-state index >= 15 is 0 Å². The second-order valence-corrected chi connectivity index (χ2v) is 8.63. The third kappa shape index (κ3) is 3.00. The van der Waals surface area contributed by atoms with Gasteiger partial charge in [-0.1, -0.05) is 18.2 Å². The van der Waals surface area contributed by atoms with Crippen LogP contribution >= 0.6 is 0 Å². The Morgan fingerprint density at radius 1 is 1.16 bits per heavy atom. The Kier molecular flexibility index (Phi) is 3.93. The number of anilines is 1. The van der Waals surface area contributed by atoms with Gasteiger partial charge < -0.3 is 15.0 Å². The normalized spacial score (nSPS) is 16.0. The number of pyridine rings is 1. The van der Waals surface area contributed by atoms with Crippen LogP contribution in [0.2, 0.25) is 0 Å². The number of hydrogen-bond donors (Lipinski definition) is 2. The number of aromatic nitrogens is 2. The van der Waals surface area contributed by atoms with Crippen LogP contribution in [-0.2, 0) is 16.6 Å². The molecule has 1 saturated carbocycles. The Morgan fingerprint density at radius 3 is 2.94 bits per heavy atom. The van der Waals surface area contributed by atoms with E-state index in [4.69, 9.17) is 4.74 Å². The molecule has 2 aromatic carbocycles. The van der Waals surface area contributed by atoms with Gasteiger partial charge >= 0.3 is 0 Å². The van der Waals surface area contributed by atoms with Crippen molar-refractivity contribution in [3.8, 4) is 16.9 Å². The number of benzene rings is 2. The molecule has 31 heavy (non-hydrogen) atoms. The van der Waals surface area contributed by atoms with Gasteiger partial charge in [0, 0.05) is 36.9 Å². The van der Waals surface area contributed by atoms with Crippen LogP contribution in [0.3, 0.4) is 0 Å². The second kappa shape index (κ2) is 6.71. The standard InChI is InChI=1S/C26H23N3O2.H2/c1-16-2-4-21(14-22(16)19-12-18-6-10-27-24(18)28-15-19)29-25(30)26(8-9-26)20-3-5-23-17(13-20)7-11-31-23;/h2-6,10,12-15H,7-9,11H2,1H3,(H,27,28)(H,29,30);1H. The molecular weight excluding hydrogens is 386 g/mol. The highest BCUT2D eigenvalue weighted by Crippen LogP contribution is 2.50. The molecule has 1 aliphatic carbocycles. The fourth-order valence-corrected chi connectivity index (χ4v) is 4.60. The first kappa shape index (κ1) is 18.2. The van der Waals surface area contributed by atoms with Crippen molar-refractivity contribution in [3.63, 3.8) is 0 Å². The molecule has 2 aliphatic rings. The van der Waals surface area contributed by atoms with Crippen LogP contribution in [0.25, 0.3) is 22.2 Å². The van der Waals surface area contributed by atoms with E-state index in [2.05, 4.69) is 52.5 Å². The lowest BCUT2D eigenvalue weighted by atomic mass is 9.92. The summed E-state index contributed by atoms with van der Waals surface area (Å²) in [5.41, 5.74) is 6.85. The number of carbonyl (C=O) groups is 1. The van der Waals surface area contributed by atoms with E-state index in [-0.39, 0.29) is 7.33 Å². The maximum atomic E-state index is 13.3. The summed E-state index contributed by atoms with van der Waals surface area (Å²) in [5.74, 6) is 1.02. The predicted octanol–water partition coefficient (Wildman–Crippen LogP) is 5.39. The van der Waals surface area contributed by atoms with Crippen molar-refractivity contribution in [1.82, 2.24) is 9.97 Å². The van der Waals surface area contributed by atoms with E-state index in [9.17, 15) is 4.79 Å². The largest absolute Gasteiger partial charge is 0.493 e. The molecule has 5 nitrogen and oxygen atoms in total. The van der Waals surface area contributed by atoms with E-state index in [1.165, 1.54) is 5.56 Å². The minimum absolute atomic E-state index is 0. The molecule has 1 amide bonds. The highest BCUT2D eigenvalue weighted by Gasteiger charge is 2.51. The van der Waals surface area contributed by atoms with Gasteiger partial charge in [0.15, 0.2) is 0 Å². The minimum atomic E-state index is -0.422. The number of ether oxygens (including phenoxy) is 1. The zero-order chi connectivity index (χ0) is 21.0. The first-order valence-electron chi connectivity index (χ1n) is 10.7. The molecule has 1 aliphatic heterocycles. The molecule has 0 radical (unpaired) electrons. The molecule has 0 saturated heterocycles.